The number of aromatic nitrogens is 2. The van der Waals surface area contributed by atoms with Crippen molar-refractivity contribution in [2.75, 3.05) is 0 Å². The molecule has 2 heterocycles. The van der Waals surface area contributed by atoms with Crippen LogP contribution in [0, 0.1) is 0 Å². The van der Waals surface area contributed by atoms with E-state index in [4.69, 9.17) is 25.4 Å². The van der Waals surface area contributed by atoms with Crippen LogP contribution in [0.25, 0.3) is 22.5 Å². The summed E-state index contributed by atoms with van der Waals surface area (Å²) in [5.41, 5.74) is 2.86. The standard InChI is InChI=1S/C10H6ClNO2.C10H7NO3.Cl2OS/c11-10(13)9-6-8(12-14-9)7-4-2-1-3-5-7;12-10(13)9-6-8(11-14-9)7-4-2-1-3-5-7;1-4(2)3/h1-6H;1-6H,(H,12,13);. The second-order valence-electron chi connectivity index (χ2n) is 5.65. The monoisotopic (exact) mass is 514 g/mol. The largest absolute Gasteiger partial charge is 0.475 e. The van der Waals surface area contributed by atoms with Crippen LogP contribution in [0.3, 0.4) is 0 Å². The summed E-state index contributed by atoms with van der Waals surface area (Å²) in [7, 11) is 7.36. The maximum atomic E-state index is 10.7. The molecule has 0 bridgehead atoms. The highest BCUT2D eigenvalue weighted by molar-refractivity contribution is 8.26. The first kappa shape index (κ1) is 25.3. The number of hydrogen-bond acceptors (Lipinski definition) is 7. The van der Waals surface area contributed by atoms with Gasteiger partial charge in [-0.1, -0.05) is 71.0 Å². The summed E-state index contributed by atoms with van der Waals surface area (Å²) in [4.78, 5) is 21.2. The number of carboxylic acids is 1. The minimum absolute atomic E-state index is 0.0607. The van der Waals surface area contributed by atoms with E-state index in [1.165, 1.54) is 12.1 Å². The Hall–Kier alpha value is -2.98. The van der Waals surface area contributed by atoms with E-state index in [9.17, 15) is 9.59 Å². The molecule has 4 rings (SSSR count). The molecule has 166 valence electrons. The minimum Gasteiger partial charge on any atom is -0.475 e. The second kappa shape index (κ2) is 12.8. The third-order valence-corrected chi connectivity index (χ3v) is 3.75. The molecule has 32 heavy (non-hydrogen) atoms. The van der Waals surface area contributed by atoms with Gasteiger partial charge in [0.25, 0.3) is 5.24 Å². The van der Waals surface area contributed by atoms with Crippen LogP contribution in [0.5, 0.6) is 0 Å². The number of carboxylic acid groups (broad SMARTS) is 1. The summed E-state index contributed by atoms with van der Waals surface area (Å²) in [6, 6.07) is 21.6. The van der Waals surface area contributed by atoms with Crippen molar-refractivity contribution in [1.82, 2.24) is 10.3 Å². The fraction of sp³-hybridized carbons (Fsp3) is 0. The van der Waals surface area contributed by atoms with Crippen LogP contribution < -0.4 is 0 Å². The van der Waals surface area contributed by atoms with E-state index in [0.717, 1.165) is 11.1 Å². The van der Waals surface area contributed by atoms with Crippen LogP contribution in [0.15, 0.2) is 81.8 Å². The normalized spacial score (nSPS) is 9.88. The van der Waals surface area contributed by atoms with Crippen molar-refractivity contribution in [1.29, 1.82) is 0 Å². The first-order valence-electron chi connectivity index (χ1n) is 8.49. The van der Waals surface area contributed by atoms with Gasteiger partial charge in [0.05, 0.1) is 0 Å². The molecule has 0 amide bonds. The molecule has 0 spiro atoms. The number of aromatic carboxylic acids is 1. The van der Waals surface area contributed by atoms with Crippen molar-refractivity contribution >= 4 is 53.4 Å². The van der Waals surface area contributed by atoms with Crippen LogP contribution in [0.2, 0.25) is 0 Å². The Bertz CT molecular complexity index is 1090. The van der Waals surface area contributed by atoms with Gasteiger partial charge in [-0.15, -0.1) is 0 Å². The third-order valence-electron chi connectivity index (χ3n) is 3.56. The summed E-state index contributed by atoms with van der Waals surface area (Å²) in [6.07, 6.45) is 0. The van der Waals surface area contributed by atoms with Crippen molar-refractivity contribution < 1.29 is 28.0 Å². The summed E-state index contributed by atoms with van der Waals surface area (Å²) >= 11 is 5.23. The molecule has 12 heteroatoms. The van der Waals surface area contributed by atoms with Gasteiger partial charge >= 0.3 is 5.97 Å². The lowest BCUT2D eigenvalue weighted by atomic mass is 10.1. The van der Waals surface area contributed by atoms with Gasteiger partial charge in [-0.05, 0) is 11.6 Å². The molecule has 0 unspecified atom stereocenters. The number of rotatable bonds is 4. The van der Waals surface area contributed by atoms with E-state index < -0.39 is 20.4 Å². The molecule has 0 saturated carbocycles. The smallest absolute Gasteiger partial charge is 0.374 e. The fourth-order valence-electron chi connectivity index (χ4n) is 2.23. The van der Waals surface area contributed by atoms with Crippen LogP contribution in [0.1, 0.15) is 21.1 Å². The van der Waals surface area contributed by atoms with Crippen molar-refractivity contribution in [3.8, 4) is 22.5 Å². The van der Waals surface area contributed by atoms with Gasteiger partial charge in [-0.2, -0.15) is 0 Å². The van der Waals surface area contributed by atoms with E-state index in [1.807, 2.05) is 60.7 Å². The lowest BCUT2D eigenvalue weighted by Crippen LogP contribution is -1.91. The van der Waals surface area contributed by atoms with E-state index in [-0.39, 0.29) is 11.5 Å². The number of hydrogen-bond donors (Lipinski definition) is 1. The zero-order valence-electron chi connectivity index (χ0n) is 15.9. The minimum atomic E-state index is -1.67. The molecule has 2 aromatic heterocycles. The van der Waals surface area contributed by atoms with Crippen molar-refractivity contribution in [3.63, 3.8) is 0 Å². The number of carbonyl (C=O) groups excluding carboxylic acids is 1. The molecule has 0 saturated heterocycles. The lowest BCUT2D eigenvalue weighted by Gasteiger charge is -1.90. The zero-order valence-corrected chi connectivity index (χ0v) is 18.9. The van der Waals surface area contributed by atoms with Gasteiger partial charge in [-0.3, -0.25) is 4.79 Å². The van der Waals surface area contributed by atoms with Crippen LogP contribution >= 0.6 is 33.0 Å². The Labute approximate surface area is 198 Å². The van der Waals surface area contributed by atoms with E-state index in [0.29, 0.717) is 11.4 Å². The maximum absolute atomic E-state index is 10.7. The Morgan fingerprint density at radius 3 is 1.47 bits per heavy atom. The SMILES string of the molecule is O=C(Cl)c1cc(-c2ccccc2)no1.O=C(O)c1cc(-c2ccccc2)no1.O=S(Cl)Cl. The van der Waals surface area contributed by atoms with E-state index >= 15 is 0 Å². The molecular weight excluding hydrogens is 503 g/mol. The molecule has 0 aliphatic carbocycles. The molecule has 0 fully saturated rings. The van der Waals surface area contributed by atoms with Gasteiger partial charge < -0.3 is 14.2 Å². The topological polar surface area (TPSA) is 124 Å². The molecule has 0 atom stereocenters. The Morgan fingerprint density at radius 1 is 0.781 bits per heavy atom. The van der Waals surface area contributed by atoms with E-state index in [2.05, 4.69) is 36.2 Å². The first-order chi connectivity index (χ1) is 15.3. The molecule has 0 radical (unpaired) electrons. The van der Waals surface area contributed by atoms with Gasteiger partial charge in [0.2, 0.25) is 20.7 Å². The van der Waals surface area contributed by atoms with Crippen molar-refractivity contribution in [2.24, 2.45) is 0 Å². The molecule has 4 aromatic rings. The highest BCUT2D eigenvalue weighted by Crippen LogP contribution is 2.19. The van der Waals surface area contributed by atoms with Gasteiger partial charge in [0.15, 0.2) is 0 Å². The number of carbonyl (C=O) groups is 2. The summed E-state index contributed by atoms with van der Waals surface area (Å²) in [5.74, 6) is -1.20. The quantitative estimate of drug-likeness (QED) is 0.338. The van der Waals surface area contributed by atoms with Crippen molar-refractivity contribution in [3.05, 3.63) is 84.3 Å². The van der Waals surface area contributed by atoms with Gasteiger partial charge in [0.1, 0.15) is 11.4 Å². The second-order valence-corrected chi connectivity index (χ2v) is 8.52. The van der Waals surface area contributed by atoms with Gasteiger partial charge in [0, 0.05) is 44.6 Å². The molecule has 8 nitrogen and oxygen atoms in total. The first-order valence-corrected chi connectivity index (χ1v) is 11.7. The Kier molecular flexibility index (Phi) is 10.1. The maximum Gasteiger partial charge on any atom is 0.374 e. The Balaban J connectivity index is 0.000000195. The summed E-state index contributed by atoms with van der Waals surface area (Å²) < 4.78 is 18.5. The predicted molar refractivity (Wildman–Crippen MR) is 121 cm³/mol. The number of benzene rings is 2. The van der Waals surface area contributed by atoms with Crippen LogP contribution in [-0.4, -0.2) is 30.8 Å². The number of nitrogens with zero attached hydrogens (tertiary/aromatic N) is 2. The Morgan fingerprint density at radius 2 is 1.16 bits per heavy atom. The number of halogens is 3. The van der Waals surface area contributed by atoms with Crippen molar-refractivity contribution in [2.45, 2.75) is 0 Å². The average molecular weight is 516 g/mol. The molecule has 2 aromatic carbocycles. The molecule has 0 aliphatic heterocycles. The highest BCUT2D eigenvalue weighted by Gasteiger charge is 2.12. The molecule has 1 N–H and O–H groups in total. The van der Waals surface area contributed by atoms with E-state index in [1.54, 1.807) is 0 Å². The summed E-state index contributed by atoms with van der Waals surface area (Å²) in [6.45, 7) is 0. The average Bonchev–Trinajstić information content (AvgIpc) is 3.46. The highest BCUT2D eigenvalue weighted by atomic mass is 36.0. The predicted octanol–water partition coefficient (Wildman–Crippen LogP) is 5.80. The molecular formula is C20H13Cl3N2O6S. The lowest BCUT2D eigenvalue weighted by molar-refractivity contribution is 0.0652. The van der Waals surface area contributed by atoms with Crippen LogP contribution in [-0.2, 0) is 9.23 Å². The third kappa shape index (κ3) is 8.27. The van der Waals surface area contributed by atoms with Gasteiger partial charge in [-0.25, -0.2) is 9.00 Å². The zero-order chi connectivity index (χ0) is 23.5. The fourth-order valence-corrected chi connectivity index (χ4v) is 2.32. The van der Waals surface area contributed by atoms with Crippen LogP contribution in [0.4, 0.5) is 0 Å². The molecule has 0 aliphatic rings. The summed E-state index contributed by atoms with van der Waals surface area (Å²) in [5, 5.41) is 15.4.